The molecule has 1 unspecified atom stereocenters. The third kappa shape index (κ3) is 3.44. The van der Waals surface area contributed by atoms with E-state index in [1.54, 1.807) is 13.1 Å². The predicted octanol–water partition coefficient (Wildman–Crippen LogP) is 2.94. The zero-order valence-corrected chi connectivity index (χ0v) is 14.5. The maximum atomic E-state index is 12.7. The Kier molecular flexibility index (Phi) is 4.39. The van der Waals surface area contributed by atoms with E-state index in [2.05, 4.69) is 20.6 Å². The van der Waals surface area contributed by atoms with Gasteiger partial charge in [0, 0.05) is 37.1 Å². The van der Waals surface area contributed by atoms with Gasteiger partial charge in [-0.3, -0.25) is 4.68 Å². The standard InChI is InChI=1S/C18H20N6O2/c1-13-21-22-17(26-13)14-5-7-15(8-6-14)20-18(25)24-11-2-4-16(24)12-23-10-3-9-19-23/h3,5-10,16H,2,4,11-12H2,1H3,(H,20,25). The molecule has 8 heteroatoms. The highest BCUT2D eigenvalue weighted by Crippen LogP contribution is 2.22. The average molecular weight is 352 g/mol. The normalized spacial score (nSPS) is 16.8. The van der Waals surface area contributed by atoms with Gasteiger partial charge in [0.15, 0.2) is 0 Å². The Hall–Kier alpha value is -3.16. The zero-order chi connectivity index (χ0) is 17.9. The Bertz CT molecular complexity index is 871. The molecule has 0 bridgehead atoms. The van der Waals surface area contributed by atoms with Crippen molar-refractivity contribution in [2.24, 2.45) is 0 Å². The number of nitrogens with zero attached hydrogens (tertiary/aromatic N) is 5. The molecular weight excluding hydrogens is 332 g/mol. The van der Waals surface area contributed by atoms with Crippen LogP contribution in [-0.4, -0.2) is 43.5 Å². The summed E-state index contributed by atoms with van der Waals surface area (Å²) >= 11 is 0. The van der Waals surface area contributed by atoms with E-state index in [9.17, 15) is 4.79 Å². The van der Waals surface area contributed by atoms with Crippen molar-refractivity contribution >= 4 is 11.7 Å². The van der Waals surface area contributed by atoms with Crippen molar-refractivity contribution in [1.29, 1.82) is 0 Å². The summed E-state index contributed by atoms with van der Waals surface area (Å²) in [6.07, 6.45) is 5.68. The van der Waals surface area contributed by atoms with Crippen molar-refractivity contribution in [3.63, 3.8) is 0 Å². The van der Waals surface area contributed by atoms with Gasteiger partial charge in [0.2, 0.25) is 11.8 Å². The summed E-state index contributed by atoms with van der Waals surface area (Å²) in [6.45, 7) is 3.23. The van der Waals surface area contributed by atoms with Gasteiger partial charge in [0.05, 0.1) is 12.6 Å². The van der Waals surface area contributed by atoms with Crippen LogP contribution in [0.1, 0.15) is 18.7 Å². The number of carbonyl (C=O) groups excluding carboxylic acids is 1. The third-order valence-electron chi connectivity index (χ3n) is 4.50. The average Bonchev–Trinajstić information content (AvgIpc) is 3.38. The lowest BCUT2D eigenvalue weighted by Crippen LogP contribution is -2.40. The van der Waals surface area contributed by atoms with Crippen LogP contribution in [0.25, 0.3) is 11.5 Å². The first kappa shape index (κ1) is 16.3. The molecule has 8 nitrogen and oxygen atoms in total. The number of carbonyl (C=O) groups is 1. The van der Waals surface area contributed by atoms with Crippen LogP contribution in [0, 0.1) is 6.92 Å². The summed E-state index contributed by atoms with van der Waals surface area (Å²) in [5.41, 5.74) is 1.56. The van der Waals surface area contributed by atoms with Gasteiger partial charge in [-0.05, 0) is 43.2 Å². The molecule has 26 heavy (non-hydrogen) atoms. The van der Waals surface area contributed by atoms with E-state index < -0.39 is 0 Å². The first-order chi connectivity index (χ1) is 12.7. The van der Waals surface area contributed by atoms with E-state index in [0.717, 1.165) is 37.2 Å². The molecule has 1 saturated heterocycles. The molecule has 3 heterocycles. The van der Waals surface area contributed by atoms with E-state index in [-0.39, 0.29) is 12.1 Å². The third-order valence-corrected chi connectivity index (χ3v) is 4.50. The highest BCUT2D eigenvalue weighted by molar-refractivity contribution is 5.90. The Labute approximate surface area is 150 Å². The van der Waals surface area contributed by atoms with Crippen LogP contribution >= 0.6 is 0 Å². The highest BCUT2D eigenvalue weighted by atomic mass is 16.4. The van der Waals surface area contributed by atoms with Crippen molar-refractivity contribution in [1.82, 2.24) is 24.9 Å². The predicted molar refractivity (Wildman–Crippen MR) is 95.4 cm³/mol. The number of hydrogen-bond donors (Lipinski definition) is 1. The maximum Gasteiger partial charge on any atom is 0.322 e. The first-order valence-electron chi connectivity index (χ1n) is 8.64. The second kappa shape index (κ2) is 6.99. The largest absolute Gasteiger partial charge is 0.421 e. The smallest absolute Gasteiger partial charge is 0.322 e. The van der Waals surface area contributed by atoms with Crippen LogP contribution in [0.2, 0.25) is 0 Å². The highest BCUT2D eigenvalue weighted by Gasteiger charge is 2.29. The lowest BCUT2D eigenvalue weighted by Gasteiger charge is -2.25. The van der Waals surface area contributed by atoms with Gasteiger partial charge in [-0.15, -0.1) is 10.2 Å². The van der Waals surface area contributed by atoms with E-state index in [4.69, 9.17) is 4.42 Å². The zero-order valence-electron chi connectivity index (χ0n) is 14.5. The number of aryl methyl sites for hydroxylation is 1. The molecule has 0 radical (unpaired) electrons. The lowest BCUT2D eigenvalue weighted by atomic mass is 10.2. The molecule has 134 valence electrons. The minimum atomic E-state index is -0.0824. The number of urea groups is 1. The first-order valence-corrected chi connectivity index (χ1v) is 8.64. The number of rotatable bonds is 4. The van der Waals surface area contributed by atoms with Crippen molar-refractivity contribution in [3.8, 4) is 11.5 Å². The van der Waals surface area contributed by atoms with Crippen molar-refractivity contribution in [2.75, 3.05) is 11.9 Å². The molecule has 1 aliphatic heterocycles. The summed E-state index contributed by atoms with van der Waals surface area (Å²) in [6, 6.07) is 9.36. The quantitative estimate of drug-likeness (QED) is 0.780. The molecule has 3 aromatic rings. The van der Waals surface area contributed by atoms with Crippen LogP contribution < -0.4 is 5.32 Å². The fourth-order valence-corrected chi connectivity index (χ4v) is 3.22. The molecule has 1 atom stereocenters. The van der Waals surface area contributed by atoms with Crippen molar-refractivity contribution in [2.45, 2.75) is 32.4 Å². The van der Waals surface area contributed by atoms with Gasteiger partial charge < -0.3 is 14.6 Å². The summed E-state index contributed by atoms with van der Waals surface area (Å²) < 4.78 is 7.28. The number of likely N-dealkylation sites (tertiary alicyclic amines) is 1. The lowest BCUT2D eigenvalue weighted by molar-refractivity contribution is 0.199. The molecule has 1 fully saturated rings. The second-order valence-corrected chi connectivity index (χ2v) is 6.35. The minimum Gasteiger partial charge on any atom is -0.421 e. The van der Waals surface area contributed by atoms with Crippen LogP contribution in [0.5, 0.6) is 0 Å². The van der Waals surface area contributed by atoms with Gasteiger partial charge in [-0.25, -0.2) is 4.79 Å². The van der Waals surface area contributed by atoms with E-state index in [1.165, 1.54) is 0 Å². The van der Waals surface area contributed by atoms with E-state index >= 15 is 0 Å². The fourth-order valence-electron chi connectivity index (χ4n) is 3.22. The molecule has 1 N–H and O–H groups in total. The molecule has 2 aromatic heterocycles. The van der Waals surface area contributed by atoms with E-state index in [0.29, 0.717) is 11.8 Å². The van der Waals surface area contributed by atoms with Crippen molar-refractivity contribution in [3.05, 3.63) is 48.6 Å². The maximum absolute atomic E-state index is 12.7. The topological polar surface area (TPSA) is 89.1 Å². The van der Waals surface area contributed by atoms with Crippen LogP contribution in [0.4, 0.5) is 10.5 Å². The van der Waals surface area contributed by atoms with Gasteiger partial charge in [-0.1, -0.05) is 0 Å². The molecule has 0 aliphatic carbocycles. The Balaban J connectivity index is 1.40. The molecule has 4 rings (SSSR count). The Morgan fingerprint density at radius 2 is 2.15 bits per heavy atom. The van der Waals surface area contributed by atoms with E-state index in [1.807, 2.05) is 46.1 Å². The SMILES string of the molecule is Cc1nnc(-c2ccc(NC(=O)N3CCCC3Cn3cccn3)cc2)o1. The van der Waals surface area contributed by atoms with Gasteiger partial charge in [0.1, 0.15) is 0 Å². The number of amides is 2. The molecule has 1 aliphatic rings. The number of benzene rings is 1. The Morgan fingerprint density at radius 3 is 2.85 bits per heavy atom. The number of anilines is 1. The Morgan fingerprint density at radius 1 is 1.31 bits per heavy atom. The summed E-state index contributed by atoms with van der Waals surface area (Å²) in [4.78, 5) is 14.5. The van der Waals surface area contributed by atoms with Crippen LogP contribution in [-0.2, 0) is 6.54 Å². The molecule has 0 saturated carbocycles. The molecule has 1 aromatic carbocycles. The van der Waals surface area contributed by atoms with Crippen molar-refractivity contribution < 1.29 is 9.21 Å². The monoisotopic (exact) mass is 352 g/mol. The van der Waals surface area contributed by atoms with Gasteiger partial charge in [-0.2, -0.15) is 5.10 Å². The second-order valence-electron chi connectivity index (χ2n) is 6.35. The number of aromatic nitrogens is 4. The van der Waals surface area contributed by atoms with Gasteiger partial charge in [0.25, 0.3) is 0 Å². The fraction of sp³-hybridized carbons (Fsp3) is 0.333. The molecule has 0 spiro atoms. The summed E-state index contributed by atoms with van der Waals surface area (Å²) in [7, 11) is 0. The molecule has 2 amide bonds. The van der Waals surface area contributed by atoms with Crippen LogP contribution in [0.15, 0.2) is 47.1 Å². The summed E-state index contributed by atoms with van der Waals surface area (Å²) in [5.74, 6) is 0.994. The molecular formula is C18H20N6O2. The van der Waals surface area contributed by atoms with Crippen LogP contribution in [0.3, 0.4) is 0 Å². The minimum absolute atomic E-state index is 0.0824. The summed E-state index contributed by atoms with van der Waals surface area (Å²) in [5, 5.41) is 15.0. The number of hydrogen-bond acceptors (Lipinski definition) is 5. The van der Waals surface area contributed by atoms with Gasteiger partial charge >= 0.3 is 6.03 Å². The number of nitrogens with one attached hydrogen (secondary N) is 1.